The molecule has 3 N–H and O–H groups in total. The Morgan fingerprint density at radius 3 is 2.75 bits per heavy atom. The molecule has 0 saturated heterocycles. The van der Waals surface area contributed by atoms with Gasteiger partial charge in [0, 0.05) is 18.8 Å². The molecule has 5 nitrogen and oxygen atoms in total. The second kappa shape index (κ2) is 9.47. The molecule has 0 aliphatic rings. The van der Waals surface area contributed by atoms with Crippen molar-refractivity contribution in [3.8, 4) is 0 Å². The summed E-state index contributed by atoms with van der Waals surface area (Å²) in [5.41, 5.74) is 7.26. The maximum atomic E-state index is 11.6. The zero-order valence-corrected chi connectivity index (χ0v) is 12.2. The van der Waals surface area contributed by atoms with Crippen LogP contribution in [0.2, 0.25) is 0 Å². The summed E-state index contributed by atoms with van der Waals surface area (Å²) in [6.45, 7) is 6.29. The van der Waals surface area contributed by atoms with Crippen LogP contribution in [0.4, 0.5) is 5.69 Å². The Kier molecular flexibility index (Phi) is 7.87. The van der Waals surface area contributed by atoms with Crippen LogP contribution in [0, 0.1) is 5.92 Å². The lowest BCUT2D eigenvalue weighted by Crippen LogP contribution is -2.20. The van der Waals surface area contributed by atoms with E-state index in [1.807, 2.05) is 24.3 Å². The van der Waals surface area contributed by atoms with Crippen molar-refractivity contribution in [2.24, 2.45) is 11.7 Å². The van der Waals surface area contributed by atoms with Gasteiger partial charge in [-0.2, -0.15) is 0 Å². The number of rotatable bonds is 9. The van der Waals surface area contributed by atoms with Crippen molar-refractivity contribution >= 4 is 11.6 Å². The largest absolute Gasteiger partial charge is 0.379 e. The third-order valence-electron chi connectivity index (χ3n) is 2.50. The standard InChI is InChI=1S/C15H24N2O3/c1-12(2)10-19-6-7-20-11-15(18)17-14-5-3-4-13(8-14)9-16/h3-5,8,12H,6-7,9-11,16H2,1-2H3,(H,17,18). The van der Waals surface area contributed by atoms with Crippen LogP contribution in [-0.4, -0.2) is 32.3 Å². The molecule has 1 aromatic carbocycles. The molecule has 0 radical (unpaired) electrons. The highest BCUT2D eigenvalue weighted by Gasteiger charge is 2.03. The van der Waals surface area contributed by atoms with Gasteiger partial charge < -0.3 is 20.5 Å². The van der Waals surface area contributed by atoms with Crippen molar-refractivity contribution in [1.82, 2.24) is 0 Å². The van der Waals surface area contributed by atoms with Gasteiger partial charge in [0.15, 0.2) is 0 Å². The first-order chi connectivity index (χ1) is 9.61. The number of nitrogens with one attached hydrogen (secondary N) is 1. The van der Waals surface area contributed by atoms with E-state index in [2.05, 4.69) is 19.2 Å². The summed E-state index contributed by atoms with van der Waals surface area (Å²) in [5, 5.41) is 2.77. The van der Waals surface area contributed by atoms with Gasteiger partial charge in [0.25, 0.3) is 0 Å². The quantitative estimate of drug-likeness (QED) is 0.676. The minimum atomic E-state index is -0.178. The summed E-state index contributed by atoms with van der Waals surface area (Å²) < 4.78 is 10.6. The van der Waals surface area contributed by atoms with Gasteiger partial charge in [-0.05, 0) is 23.6 Å². The van der Waals surface area contributed by atoms with Crippen LogP contribution in [0.5, 0.6) is 0 Å². The van der Waals surface area contributed by atoms with Crippen molar-refractivity contribution in [2.45, 2.75) is 20.4 Å². The maximum Gasteiger partial charge on any atom is 0.250 e. The van der Waals surface area contributed by atoms with Gasteiger partial charge in [-0.15, -0.1) is 0 Å². The van der Waals surface area contributed by atoms with Crippen LogP contribution in [0.15, 0.2) is 24.3 Å². The Balaban J connectivity index is 2.16. The molecule has 1 aromatic rings. The number of ether oxygens (including phenoxy) is 2. The van der Waals surface area contributed by atoms with E-state index < -0.39 is 0 Å². The zero-order valence-electron chi connectivity index (χ0n) is 12.2. The third-order valence-corrected chi connectivity index (χ3v) is 2.50. The van der Waals surface area contributed by atoms with Crippen LogP contribution in [0.1, 0.15) is 19.4 Å². The van der Waals surface area contributed by atoms with E-state index in [1.165, 1.54) is 0 Å². The number of hydrogen-bond acceptors (Lipinski definition) is 4. The van der Waals surface area contributed by atoms with Gasteiger partial charge in [-0.1, -0.05) is 26.0 Å². The fraction of sp³-hybridized carbons (Fsp3) is 0.533. The molecule has 0 atom stereocenters. The lowest BCUT2D eigenvalue weighted by atomic mass is 10.2. The van der Waals surface area contributed by atoms with Gasteiger partial charge in [0.05, 0.1) is 13.2 Å². The van der Waals surface area contributed by atoms with Crippen LogP contribution < -0.4 is 11.1 Å². The number of hydrogen-bond donors (Lipinski definition) is 2. The fourth-order valence-corrected chi connectivity index (χ4v) is 1.57. The molecule has 1 rings (SSSR count). The van der Waals surface area contributed by atoms with Crippen LogP contribution >= 0.6 is 0 Å². The molecular weight excluding hydrogens is 256 g/mol. The Bertz CT molecular complexity index is 408. The number of carbonyl (C=O) groups is 1. The van der Waals surface area contributed by atoms with E-state index >= 15 is 0 Å². The number of amides is 1. The summed E-state index contributed by atoms with van der Waals surface area (Å²) in [5.74, 6) is 0.330. The van der Waals surface area contributed by atoms with Gasteiger partial charge >= 0.3 is 0 Å². The fourth-order valence-electron chi connectivity index (χ4n) is 1.57. The monoisotopic (exact) mass is 280 g/mol. The predicted octanol–water partition coefficient (Wildman–Crippen LogP) is 1.77. The average molecular weight is 280 g/mol. The highest BCUT2D eigenvalue weighted by atomic mass is 16.5. The Hall–Kier alpha value is -1.43. The lowest BCUT2D eigenvalue weighted by Gasteiger charge is -2.09. The topological polar surface area (TPSA) is 73.6 Å². The summed E-state index contributed by atoms with van der Waals surface area (Å²) in [4.78, 5) is 11.6. The van der Waals surface area contributed by atoms with Crippen LogP contribution in [0.25, 0.3) is 0 Å². The minimum absolute atomic E-state index is 0.0257. The predicted molar refractivity (Wildman–Crippen MR) is 79.4 cm³/mol. The first-order valence-electron chi connectivity index (χ1n) is 6.86. The molecule has 20 heavy (non-hydrogen) atoms. The molecular formula is C15H24N2O3. The molecule has 0 unspecified atom stereocenters. The van der Waals surface area contributed by atoms with E-state index in [0.29, 0.717) is 32.3 Å². The SMILES string of the molecule is CC(C)COCCOCC(=O)Nc1cccc(CN)c1. The number of benzene rings is 1. The van der Waals surface area contributed by atoms with E-state index in [-0.39, 0.29) is 12.5 Å². The molecule has 0 heterocycles. The van der Waals surface area contributed by atoms with Gasteiger partial charge in [-0.3, -0.25) is 4.79 Å². The van der Waals surface area contributed by atoms with Crippen molar-refractivity contribution in [3.63, 3.8) is 0 Å². The van der Waals surface area contributed by atoms with Crippen molar-refractivity contribution < 1.29 is 14.3 Å². The highest BCUT2D eigenvalue weighted by molar-refractivity contribution is 5.91. The highest BCUT2D eigenvalue weighted by Crippen LogP contribution is 2.09. The molecule has 0 aromatic heterocycles. The van der Waals surface area contributed by atoms with Crippen molar-refractivity contribution in [2.75, 3.05) is 31.7 Å². The Morgan fingerprint density at radius 2 is 2.05 bits per heavy atom. The van der Waals surface area contributed by atoms with Gasteiger partial charge in [-0.25, -0.2) is 0 Å². The normalized spacial score (nSPS) is 10.8. The summed E-state index contributed by atoms with van der Waals surface area (Å²) in [6.07, 6.45) is 0. The number of anilines is 1. The molecule has 0 aliphatic heterocycles. The molecule has 112 valence electrons. The van der Waals surface area contributed by atoms with Crippen molar-refractivity contribution in [1.29, 1.82) is 0 Å². The lowest BCUT2D eigenvalue weighted by molar-refractivity contribution is -0.121. The molecule has 0 saturated carbocycles. The number of carbonyl (C=O) groups excluding carboxylic acids is 1. The number of nitrogens with two attached hydrogens (primary N) is 1. The first kappa shape index (κ1) is 16.6. The third kappa shape index (κ3) is 7.23. The Morgan fingerprint density at radius 1 is 1.30 bits per heavy atom. The average Bonchev–Trinajstić information content (AvgIpc) is 2.42. The molecule has 0 bridgehead atoms. The second-order valence-corrected chi connectivity index (χ2v) is 4.97. The van der Waals surface area contributed by atoms with Gasteiger partial charge in [0.1, 0.15) is 6.61 Å². The molecule has 1 amide bonds. The first-order valence-corrected chi connectivity index (χ1v) is 6.86. The molecule has 0 spiro atoms. The van der Waals surface area contributed by atoms with Crippen LogP contribution in [-0.2, 0) is 20.8 Å². The summed E-state index contributed by atoms with van der Waals surface area (Å²) in [6, 6.07) is 7.45. The van der Waals surface area contributed by atoms with E-state index in [4.69, 9.17) is 15.2 Å². The molecule has 0 aliphatic carbocycles. The van der Waals surface area contributed by atoms with E-state index in [1.54, 1.807) is 0 Å². The maximum absolute atomic E-state index is 11.6. The smallest absolute Gasteiger partial charge is 0.250 e. The van der Waals surface area contributed by atoms with Gasteiger partial charge in [0.2, 0.25) is 5.91 Å². The second-order valence-electron chi connectivity index (χ2n) is 4.97. The van der Waals surface area contributed by atoms with E-state index in [9.17, 15) is 4.79 Å². The minimum Gasteiger partial charge on any atom is -0.379 e. The van der Waals surface area contributed by atoms with Crippen LogP contribution in [0.3, 0.4) is 0 Å². The Labute approximate surface area is 120 Å². The summed E-state index contributed by atoms with van der Waals surface area (Å²) >= 11 is 0. The zero-order chi connectivity index (χ0) is 14.8. The molecule has 0 fully saturated rings. The molecule has 5 heteroatoms. The summed E-state index contributed by atoms with van der Waals surface area (Å²) in [7, 11) is 0. The van der Waals surface area contributed by atoms with E-state index in [0.717, 1.165) is 11.3 Å². The van der Waals surface area contributed by atoms with Crippen molar-refractivity contribution in [3.05, 3.63) is 29.8 Å².